The first-order chi connectivity index (χ1) is 9.43. The summed E-state index contributed by atoms with van der Waals surface area (Å²) in [5.41, 5.74) is 2.17. The Labute approximate surface area is 125 Å². The zero-order chi connectivity index (χ0) is 14.9. The SMILES string of the molecule is COc1cc(C)c(C(=O)c2ccc(Br)cc2F)cc1C. The maximum absolute atomic E-state index is 13.9. The highest BCUT2D eigenvalue weighted by Crippen LogP contribution is 2.25. The van der Waals surface area contributed by atoms with Crippen molar-refractivity contribution >= 4 is 21.7 Å². The first kappa shape index (κ1) is 14.7. The molecule has 0 bridgehead atoms. The van der Waals surface area contributed by atoms with E-state index in [1.54, 1.807) is 25.3 Å². The van der Waals surface area contributed by atoms with Gasteiger partial charge in [0.1, 0.15) is 11.6 Å². The van der Waals surface area contributed by atoms with Crippen LogP contribution in [0.2, 0.25) is 0 Å². The van der Waals surface area contributed by atoms with Crippen LogP contribution in [0.25, 0.3) is 0 Å². The number of hydrogen-bond donors (Lipinski definition) is 0. The summed E-state index contributed by atoms with van der Waals surface area (Å²) >= 11 is 3.18. The van der Waals surface area contributed by atoms with Crippen molar-refractivity contribution in [2.45, 2.75) is 13.8 Å². The highest BCUT2D eigenvalue weighted by Gasteiger charge is 2.17. The van der Waals surface area contributed by atoms with Gasteiger partial charge in [0, 0.05) is 10.0 Å². The third kappa shape index (κ3) is 2.75. The zero-order valence-corrected chi connectivity index (χ0v) is 13.0. The molecule has 2 rings (SSSR count). The molecule has 0 heterocycles. The topological polar surface area (TPSA) is 26.3 Å². The van der Waals surface area contributed by atoms with Crippen LogP contribution >= 0.6 is 15.9 Å². The fourth-order valence-electron chi connectivity index (χ4n) is 2.07. The van der Waals surface area contributed by atoms with E-state index in [9.17, 15) is 9.18 Å². The van der Waals surface area contributed by atoms with Gasteiger partial charge in [-0.1, -0.05) is 15.9 Å². The number of carbonyl (C=O) groups excluding carboxylic acids is 1. The van der Waals surface area contributed by atoms with Crippen LogP contribution in [0.1, 0.15) is 27.0 Å². The number of benzene rings is 2. The molecule has 2 aromatic rings. The fourth-order valence-corrected chi connectivity index (χ4v) is 2.41. The van der Waals surface area contributed by atoms with Gasteiger partial charge in [-0.25, -0.2) is 4.39 Å². The smallest absolute Gasteiger partial charge is 0.196 e. The summed E-state index contributed by atoms with van der Waals surface area (Å²) in [6.07, 6.45) is 0. The van der Waals surface area contributed by atoms with Crippen molar-refractivity contribution in [1.82, 2.24) is 0 Å². The molecule has 104 valence electrons. The number of aryl methyl sites for hydroxylation is 2. The van der Waals surface area contributed by atoms with Crippen molar-refractivity contribution in [3.05, 3.63) is 62.9 Å². The molecule has 2 nitrogen and oxygen atoms in total. The number of hydrogen-bond acceptors (Lipinski definition) is 2. The average Bonchev–Trinajstić information content (AvgIpc) is 2.40. The number of ketones is 1. The standard InChI is InChI=1S/C16H14BrFO2/c1-9-7-15(20-3)10(2)6-13(9)16(19)12-5-4-11(17)8-14(12)18/h4-8H,1-3H3. The van der Waals surface area contributed by atoms with E-state index in [0.29, 0.717) is 10.0 Å². The highest BCUT2D eigenvalue weighted by molar-refractivity contribution is 9.10. The average molecular weight is 337 g/mol. The number of ether oxygens (including phenoxy) is 1. The maximum Gasteiger partial charge on any atom is 0.196 e. The molecule has 0 radical (unpaired) electrons. The van der Waals surface area contributed by atoms with E-state index in [2.05, 4.69) is 15.9 Å². The van der Waals surface area contributed by atoms with Crippen LogP contribution in [-0.2, 0) is 0 Å². The highest BCUT2D eigenvalue weighted by atomic mass is 79.9. The van der Waals surface area contributed by atoms with E-state index < -0.39 is 5.82 Å². The van der Waals surface area contributed by atoms with E-state index in [1.807, 2.05) is 13.8 Å². The first-order valence-electron chi connectivity index (χ1n) is 6.09. The second kappa shape index (κ2) is 5.75. The molecule has 4 heteroatoms. The molecule has 0 N–H and O–H groups in total. The second-order valence-electron chi connectivity index (χ2n) is 4.59. The van der Waals surface area contributed by atoms with Gasteiger partial charge in [0.05, 0.1) is 12.7 Å². The third-order valence-corrected chi connectivity index (χ3v) is 3.66. The monoisotopic (exact) mass is 336 g/mol. The predicted octanol–water partition coefficient (Wildman–Crippen LogP) is 4.44. The molecule has 0 spiro atoms. The zero-order valence-electron chi connectivity index (χ0n) is 11.5. The molecule has 0 amide bonds. The number of carbonyl (C=O) groups is 1. The lowest BCUT2D eigenvalue weighted by molar-refractivity contribution is 0.103. The van der Waals surface area contributed by atoms with Crippen molar-refractivity contribution in [1.29, 1.82) is 0 Å². The van der Waals surface area contributed by atoms with Gasteiger partial charge in [-0.3, -0.25) is 4.79 Å². The van der Waals surface area contributed by atoms with Crippen LogP contribution in [-0.4, -0.2) is 12.9 Å². The summed E-state index contributed by atoms with van der Waals surface area (Å²) in [5, 5.41) is 0. The molecule has 0 saturated heterocycles. The molecule has 0 aliphatic carbocycles. The number of rotatable bonds is 3. The van der Waals surface area contributed by atoms with Crippen LogP contribution in [0.3, 0.4) is 0 Å². The van der Waals surface area contributed by atoms with E-state index in [0.717, 1.165) is 16.9 Å². The Kier molecular flexibility index (Phi) is 4.23. The Morgan fingerprint density at radius 1 is 1.10 bits per heavy atom. The van der Waals surface area contributed by atoms with Crippen LogP contribution in [0.4, 0.5) is 4.39 Å². The Morgan fingerprint density at radius 3 is 2.40 bits per heavy atom. The van der Waals surface area contributed by atoms with E-state index >= 15 is 0 Å². The minimum absolute atomic E-state index is 0.0702. The summed E-state index contributed by atoms with van der Waals surface area (Å²) in [6, 6.07) is 7.96. The molecule has 0 saturated carbocycles. The summed E-state index contributed by atoms with van der Waals surface area (Å²) in [5.74, 6) is -0.133. The van der Waals surface area contributed by atoms with Gasteiger partial charge in [-0.2, -0.15) is 0 Å². The van der Waals surface area contributed by atoms with Gasteiger partial charge in [0.25, 0.3) is 0 Å². The molecule has 0 aliphatic rings. The van der Waals surface area contributed by atoms with Crippen LogP contribution in [0, 0.1) is 19.7 Å². The van der Waals surface area contributed by atoms with Gasteiger partial charge in [-0.05, 0) is 55.3 Å². The molecule has 2 aromatic carbocycles. The van der Waals surface area contributed by atoms with Crippen molar-refractivity contribution in [2.24, 2.45) is 0 Å². The molecule has 20 heavy (non-hydrogen) atoms. The van der Waals surface area contributed by atoms with Gasteiger partial charge >= 0.3 is 0 Å². The molecule has 0 aliphatic heterocycles. The number of methoxy groups -OCH3 is 1. The lowest BCUT2D eigenvalue weighted by Gasteiger charge is -2.11. The van der Waals surface area contributed by atoms with Crippen molar-refractivity contribution in [3.8, 4) is 5.75 Å². The Balaban J connectivity index is 2.51. The minimum Gasteiger partial charge on any atom is -0.496 e. The second-order valence-corrected chi connectivity index (χ2v) is 5.51. The molecular weight excluding hydrogens is 323 g/mol. The quantitative estimate of drug-likeness (QED) is 0.774. The summed E-state index contributed by atoms with van der Waals surface area (Å²) in [7, 11) is 1.58. The van der Waals surface area contributed by atoms with E-state index in [4.69, 9.17) is 4.74 Å². The van der Waals surface area contributed by atoms with Gasteiger partial charge in [0.15, 0.2) is 5.78 Å². The molecule has 0 atom stereocenters. The fraction of sp³-hybridized carbons (Fsp3) is 0.188. The normalized spacial score (nSPS) is 10.4. The number of halogens is 2. The predicted molar refractivity (Wildman–Crippen MR) is 80.0 cm³/mol. The third-order valence-electron chi connectivity index (χ3n) is 3.16. The van der Waals surface area contributed by atoms with Gasteiger partial charge < -0.3 is 4.74 Å². The Bertz CT molecular complexity index is 680. The summed E-state index contributed by atoms with van der Waals surface area (Å²) < 4.78 is 19.7. The van der Waals surface area contributed by atoms with Crippen LogP contribution in [0.5, 0.6) is 5.75 Å². The summed E-state index contributed by atoms with van der Waals surface area (Å²) in [6.45, 7) is 3.67. The largest absolute Gasteiger partial charge is 0.496 e. The van der Waals surface area contributed by atoms with Crippen molar-refractivity contribution < 1.29 is 13.9 Å². The molecule has 0 fully saturated rings. The Morgan fingerprint density at radius 2 is 1.80 bits per heavy atom. The van der Waals surface area contributed by atoms with Crippen molar-refractivity contribution in [3.63, 3.8) is 0 Å². The van der Waals surface area contributed by atoms with E-state index in [-0.39, 0.29) is 11.3 Å². The Hall–Kier alpha value is -1.68. The van der Waals surface area contributed by atoms with E-state index in [1.165, 1.54) is 12.1 Å². The molecular formula is C16H14BrFO2. The maximum atomic E-state index is 13.9. The molecule has 0 aromatic heterocycles. The minimum atomic E-state index is -0.530. The van der Waals surface area contributed by atoms with Crippen LogP contribution < -0.4 is 4.74 Å². The van der Waals surface area contributed by atoms with Crippen molar-refractivity contribution in [2.75, 3.05) is 7.11 Å². The van der Waals surface area contributed by atoms with Gasteiger partial charge in [-0.15, -0.1) is 0 Å². The van der Waals surface area contributed by atoms with Gasteiger partial charge in [0.2, 0.25) is 0 Å². The molecule has 0 unspecified atom stereocenters. The lowest BCUT2D eigenvalue weighted by atomic mass is 9.96. The van der Waals surface area contributed by atoms with Crippen LogP contribution in [0.15, 0.2) is 34.8 Å². The summed E-state index contributed by atoms with van der Waals surface area (Å²) in [4.78, 5) is 12.5. The first-order valence-corrected chi connectivity index (χ1v) is 6.88. The lowest BCUT2D eigenvalue weighted by Crippen LogP contribution is -2.07.